The second kappa shape index (κ2) is 4.51. The summed E-state index contributed by atoms with van der Waals surface area (Å²) < 4.78 is 1.64. The normalized spacial score (nSPS) is 14.2. The number of hydrogen-bond donors (Lipinski definition) is 1. The fourth-order valence-corrected chi connectivity index (χ4v) is 1.75. The fourth-order valence-electron chi connectivity index (χ4n) is 1.75. The highest BCUT2D eigenvalue weighted by molar-refractivity contribution is 5.52. The van der Waals surface area contributed by atoms with E-state index in [4.69, 9.17) is 0 Å². The zero-order valence-electron chi connectivity index (χ0n) is 9.58. The van der Waals surface area contributed by atoms with Crippen molar-refractivity contribution in [2.75, 3.05) is 0 Å². The van der Waals surface area contributed by atoms with Gasteiger partial charge in [-0.05, 0) is 25.1 Å². The molecule has 17 heavy (non-hydrogen) atoms. The highest BCUT2D eigenvalue weighted by Crippen LogP contribution is 2.25. The van der Waals surface area contributed by atoms with Crippen molar-refractivity contribution in [3.8, 4) is 5.69 Å². The summed E-state index contributed by atoms with van der Waals surface area (Å²) in [6, 6.07) is 11.2. The van der Waals surface area contributed by atoms with E-state index in [0.717, 1.165) is 5.69 Å². The Balaban J connectivity index is 2.45. The van der Waals surface area contributed by atoms with Crippen molar-refractivity contribution in [3.63, 3.8) is 0 Å². The Morgan fingerprint density at radius 2 is 2.06 bits per heavy atom. The van der Waals surface area contributed by atoms with Crippen molar-refractivity contribution in [1.82, 2.24) is 9.78 Å². The molecule has 0 fully saturated rings. The van der Waals surface area contributed by atoms with Gasteiger partial charge in [0.05, 0.1) is 11.4 Å². The van der Waals surface area contributed by atoms with Gasteiger partial charge in [0.1, 0.15) is 11.9 Å². The minimum absolute atomic E-state index is 0.0471. The molecule has 0 saturated carbocycles. The molecule has 2 rings (SSSR count). The molecule has 0 aliphatic rings. The van der Waals surface area contributed by atoms with Crippen LogP contribution in [0.25, 0.3) is 5.69 Å². The molecule has 0 spiro atoms. The van der Waals surface area contributed by atoms with Gasteiger partial charge in [-0.25, -0.2) is 4.68 Å². The number of rotatable bonds is 4. The van der Waals surface area contributed by atoms with Crippen LogP contribution in [0.1, 0.15) is 19.0 Å². The van der Waals surface area contributed by atoms with Gasteiger partial charge < -0.3 is 9.90 Å². The first-order valence-corrected chi connectivity index (χ1v) is 5.41. The number of hydrogen-bond acceptors (Lipinski definition) is 3. The van der Waals surface area contributed by atoms with E-state index in [1.54, 1.807) is 23.9 Å². The molecule has 1 atom stereocenters. The summed E-state index contributed by atoms with van der Waals surface area (Å²) in [5.41, 5.74) is 0.267. The summed E-state index contributed by atoms with van der Waals surface area (Å²) in [6.45, 7) is 1.61. The topological polar surface area (TPSA) is 55.1 Å². The van der Waals surface area contributed by atoms with Crippen LogP contribution < -0.4 is 0 Å². The van der Waals surface area contributed by atoms with Crippen LogP contribution in [0.4, 0.5) is 0 Å². The lowest BCUT2D eigenvalue weighted by Crippen LogP contribution is -2.25. The van der Waals surface area contributed by atoms with Gasteiger partial charge in [-0.1, -0.05) is 18.2 Å². The lowest BCUT2D eigenvalue weighted by Gasteiger charge is -2.21. The second-order valence-corrected chi connectivity index (χ2v) is 4.11. The highest BCUT2D eigenvalue weighted by atomic mass is 16.3. The van der Waals surface area contributed by atoms with Crippen LogP contribution in [0, 0.1) is 0 Å². The van der Waals surface area contributed by atoms with Gasteiger partial charge in [0.25, 0.3) is 0 Å². The number of para-hydroxylation sites is 1. The number of aromatic nitrogens is 2. The standard InChI is InChI=1S/C13H14N2O2/c1-13(17,8-10-16)12-7-9-14-15(12)11-5-3-2-4-6-11/h2-7,9-10,17H,8H2,1H3. The molecular formula is C13H14N2O2. The molecule has 1 aromatic heterocycles. The third kappa shape index (κ3) is 2.26. The van der Waals surface area contributed by atoms with Gasteiger partial charge in [0, 0.05) is 12.6 Å². The Kier molecular flexibility index (Phi) is 3.06. The van der Waals surface area contributed by atoms with Crippen molar-refractivity contribution >= 4 is 6.29 Å². The van der Waals surface area contributed by atoms with Gasteiger partial charge in [-0.15, -0.1) is 0 Å². The SMILES string of the molecule is CC(O)(CC=O)c1ccnn1-c1ccccc1. The van der Waals surface area contributed by atoms with Crippen LogP contribution in [0.5, 0.6) is 0 Å². The molecule has 0 aliphatic heterocycles. The van der Waals surface area contributed by atoms with E-state index >= 15 is 0 Å². The molecular weight excluding hydrogens is 216 g/mol. The van der Waals surface area contributed by atoms with Crippen LogP contribution in [0.15, 0.2) is 42.6 Å². The molecule has 0 aliphatic carbocycles. The predicted octanol–water partition coefficient (Wildman–Crippen LogP) is 1.67. The average molecular weight is 230 g/mol. The third-order valence-corrected chi connectivity index (χ3v) is 2.68. The van der Waals surface area contributed by atoms with Gasteiger partial charge in [-0.3, -0.25) is 0 Å². The van der Waals surface area contributed by atoms with Crippen LogP contribution in [0.3, 0.4) is 0 Å². The molecule has 1 aromatic carbocycles. The summed E-state index contributed by atoms with van der Waals surface area (Å²) in [7, 11) is 0. The Bertz CT molecular complexity index is 503. The van der Waals surface area contributed by atoms with E-state index in [1.807, 2.05) is 30.3 Å². The van der Waals surface area contributed by atoms with Crippen molar-refractivity contribution in [1.29, 1.82) is 0 Å². The number of carbonyl (C=O) groups is 1. The first-order valence-electron chi connectivity index (χ1n) is 5.41. The van der Waals surface area contributed by atoms with Crippen LogP contribution in [-0.4, -0.2) is 21.2 Å². The van der Waals surface area contributed by atoms with Gasteiger partial charge in [0.2, 0.25) is 0 Å². The second-order valence-electron chi connectivity index (χ2n) is 4.11. The van der Waals surface area contributed by atoms with Gasteiger partial charge in [0.15, 0.2) is 0 Å². The van der Waals surface area contributed by atoms with E-state index in [0.29, 0.717) is 12.0 Å². The van der Waals surface area contributed by atoms with Gasteiger partial charge >= 0.3 is 0 Å². The summed E-state index contributed by atoms with van der Waals surface area (Å²) >= 11 is 0. The molecule has 0 saturated heterocycles. The summed E-state index contributed by atoms with van der Waals surface area (Å²) in [5, 5.41) is 14.4. The van der Waals surface area contributed by atoms with E-state index in [1.165, 1.54) is 0 Å². The smallest absolute Gasteiger partial charge is 0.123 e. The first-order chi connectivity index (χ1) is 8.15. The first kappa shape index (κ1) is 11.5. The van der Waals surface area contributed by atoms with E-state index in [-0.39, 0.29) is 6.42 Å². The number of aldehydes is 1. The molecule has 4 heteroatoms. The van der Waals surface area contributed by atoms with E-state index in [9.17, 15) is 9.90 Å². The number of nitrogens with zero attached hydrogens (tertiary/aromatic N) is 2. The number of aliphatic hydroxyl groups is 1. The zero-order valence-corrected chi connectivity index (χ0v) is 9.58. The molecule has 1 heterocycles. The Labute approximate surface area is 99.5 Å². The largest absolute Gasteiger partial charge is 0.383 e. The number of carbonyl (C=O) groups excluding carboxylic acids is 1. The molecule has 4 nitrogen and oxygen atoms in total. The maximum Gasteiger partial charge on any atom is 0.123 e. The molecule has 0 amide bonds. The summed E-state index contributed by atoms with van der Waals surface area (Å²) in [6.07, 6.45) is 2.37. The van der Waals surface area contributed by atoms with E-state index < -0.39 is 5.60 Å². The third-order valence-electron chi connectivity index (χ3n) is 2.68. The summed E-state index contributed by atoms with van der Waals surface area (Å²) in [4.78, 5) is 10.6. The van der Waals surface area contributed by atoms with Crippen molar-refractivity contribution < 1.29 is 9.90 Å². The fraction of sp³-hybridized carbons (Fsp3) is 0.231. The zero-order chi connectivity index (χ0) is 12.3. The van der Waals surface area contributed by atoms with Gasteiger partial charge in [-0.2, -0.15) is 5.10 Å². The minimum Gasteiger partial charge on any atom is -0.383 e. The Morgan fingerprint density at radius 1 is 1.35 bits per heavy atom. The maximum atomic E-state index is 10.6. The lowest BCUT2D eigenvalue weighted by atomic mass is 9.99. The molecule has 88 valence electrons. The molecule has 0 bridgehead atoms. The monoisotopic (exact) mass is 230 g/mol. The maximum absolute atomic E-state index is 10.6. The Hall–Kier alpha value is -1.94. The summed E-state index contributed by atoms with van der Waals surface area (Å²) in [5.74, 6) is 0. The van der Waals surface area contributed by atoms with Crippen molar-refractivity contribution in [2.45, 2.75) is 18.9 Å². The van der Waals surface area contributed by atoms with Crippen LogP contribution >= 0.6 is 0 Å². The molecule has 2 aromatic rings. The minimum atomic E-state index is -1.20. The quantitative estimate of drug-likeness (QED) is 0.813. The molecule has 0 radical (unpaired) electrons. The van der Waals surface area contributed by atoms with Crippen molar-refractivity contribution in [2.24, 2.45) is 0 Å². The molecule has 1 N–H and O–H groups in total. The number of benzene rings is 1. The average Bonchev–Trinajstić information content (AvgIpc) is 2.79. The van der Waals surface area contributed by atoms with Crippen molar-refractivity contribution in [3.05, 3.63) is 48.3 Å². The highest BCUT2D eigenvalue weighted by Gasteiger charge is 2.27. The lowest BCUT2D eigenvalue weighted by molar-refractivity contribution is -0.112. The van der Waals surface area contributed by atoms with E-state index in [2.05, 4.69) is 5.10 Å². The van der Waals surface area contributed by atoms with Crippen LogP contribution in [0.2, 0.25) is 0 Å². The predicted molar refractivity (Wildman–Crippen MR) is 63.8 cm³/mol. The van der Waals surface area contributed by atoms with Crippen LogP contribution in [-0.2, 0) is 10.4 Å². The molecule has 1 unspecified atom stereocenters. The Morgan fingerprint density at radius 3 is 2.71 bits per heavy atom.